The van der Waals surface area contributed by atoms with Crippen LogP contribution in [0.3, 0.4) is 0 Å². The lowest BCUT2D eigenvalue weighted by Crippen LogP contribution is -2.36. The molecule has 2 N–H and O–H groups in total. The van der Waals surface area contributed by atoms with E-state index in [4.69, 9.17) is 9.84 Å². The highest BCUT2D eigenvalue weighted by Crippen LogP contribution is 2.44. The number of aryl methyl sites for hydroxylation is 1. The van der Waals surface area contributed by atoms with Crippen molar-refractivity contribution in [2.75, 3.05) is 18.5 Å². The van der Waals surface area contributed by atoms with Gasteiger partial charge in [-0.2, -0.15) is 5.10 Å². The minimum Gasteiger partial charge on any atom is -0.481 e. The van der Waals surface area contributed by atoms with E-state index >= 15 is 0 Å². The summed E-state index contributed by atoms with van der Waals surface area (Å²) in [5, 5.41) is 15.8. The molecule has 0 spiro atoms. The molecule has 0 unspecified atom stereocenters. The van der Waals surface area contributed by atoms with Crippen LogP contribution in [0.1, 0.15) is 46.8 Å². The summed E-state index contributed by atoms with van der Waals surface area (Å²) in [7, 11) is 1.61. The monoisotopic (exact) mass is 474 g/mol. The Labute approximate surface area is 202 Å². The lowest BCUT2D eigenvalue weighted by atomic mass is 9.98. The van der Waals surface area contributed by atoms with Crippen LogP contribution >= 0.6 is 0 Å². The Kier molecular flexibility index (Phi) is 5.98. The molecular weight excluding hydrogens is 448 g/mol. The number of benzene rings is 2. The van der Waals surface area contributed by atoms with Crippen molar-refractivity contribution in [1.29, 1.82) is 0 Å². The maximum Gasteiger partial charge on any atom is 0.411 e. The molecule has 5 rings (SSSR count). The molecule has 0 bridgehead atoms. The molecule has 3 aromatic rings. The summed E-state index contributed by atoms with van der Waals surface area (Å²) >= 11 is 0. The second-order valence-electron chi connectivity index (χ2n) is 8.85. The van der Waals surface area contributed by atoms with Crippen LogP contribution in [0.5, 0.6) is 0 Å². The summed E-state index contributed by atoms with van der Waals surface area (Å²) in [6.07, 6.45) is 2.24. The number of hydrogen-bond acceptors (Lipinski definition) is 5. The highest BCUT2D eigenvalue weighted by Gasteiger charge is 2.36. The topological polar surface area (TPSA) is 114 Å². The molecule has 180 valence electrons. The third-order valence-electron chi connectivity index (χ3n) is 6.54. The van der Waals surface area contributed by atoms with Crippen LogP contribution in [0.4, 0.5) is 10.5 Å². The summed E-state index contributed by atoms with van der Waals surface area (Å²) < 4.78 is 6.98. The molecule has 2 aliphatic rings. The molecule has 1 saturated carbocycles. The number of anilines is 1. The summed E-state index contributed by atoms with van der Waals surface area (Å²) in [5.41, 5.74) is 4.92. The average molecular weight is 475 g/mol. The Morgan fingerprint density at radius 3 is 2.31 bits per heavy atom. The third-order valence-corrected chi connectivity index (χ3v) is 6.54. The molecule has 0 radical (unpaired) electrons. The van der Waals surface area contributed by atoms with E-state index < -0.39 is 12.1 Å². The Morgan fingerprint density at radius 2 is 1.71 bits per heavy atom. The zero-order chi connectivity index (χ0) is 24.5. The first-order valence-corrected chi connectivity index (χ1v) is 11.6. The highest BCUT2D eigenvalue weighted by atomic mass is 16.5. The molecule has 0 aliphatic heterocycles. The number of aliphatic carboxylic acids is 1. The van der Waals surface area contributed by atoms with Gasteiger partial charge < -0.3 is 14.7 Å². The first-order valence-electron chi connectivity index (χ1n) is 11.6. The molecule has 2 aliphatic carbocycles. The van der Waals surface area contributed by atoms with Gasteiger partial charge in [-0.1, -0.05) is 48.5 Å². The number of carbonyl (C=O) groups excluding carboxylic acids is 2. The molecule has 2 aromatic carbocycles. The number of ether oxygens (including phenoxy) is 1. The quantitative estimate of drug-likeness (QED) is 0.513. The number of carbonyl (C=O) groups is 3. The SMILES string of the molecule is Cn1ncc(NC(=O)OCC2c3ccccc3-c3ccccc32)c1C(=O)N(CCC(=O)O)C1CC1. The standard InChI is InChI=1S/C26H26N4O5/c1-29-24(25(33)30(16-10-11-16)13-12-23(31)32)22(14-27-29)28-26(34)35-15-21-19-8-4-2-6-17(19)18-7-3-5-9-20(18)21/h2-9,14,16,21H,10-13,15H2,1H3,(H,28,34)(H,31,32). The molecule has 1 heterocycles. The van der Waals surface area contributed by atoms with E-state index in [-0.39, 0.29) is 48.8 Å². The molecule has 35 heavy (non-hydrogen) atoms. The number of amides is 2. The highest BCUT2D eigenvalue weighted by molar-refractivity contribution is 6.01. The maximum atomic E-state index is 13.2. The molecule has 9 heteroatoms. The van der Waals surface area contributed by atoms with Gasteiger partial charge in [-0.25, -0.2) is 4.79 Å². The number of carboxylic acids is 1. The molecule has 2 amide bonds. The van der Waals surface area contributed by atoms with Crippen LogP contribution in [-0.4, -0.2) is 57.0 Å². The average Bonchev–Trinajstić information content (AvgIpc) is 3.54. The lowest BCUT2D eigenvalue weighted by Gasteiger charge is -2.22. The van der Waals surface area contributed by atoms with E-state index in [0.717, 1.165) is 35.1 Å². The molecule has 1 aromatic heterocycles. The van der Waals surface area contributed by atoms with E-state index in [1.165, 1.54) is 10.9 Å². The summed E-state index contributed by atoms with van der Waals surface area (Å²) in [4.78, 5) is 38.6. The van der Waals surface area contributed by atoms with Crippen molar-refractivity contribution in [3.05, 3.63) is 71.5 Å². The minimum atomic E-state index is -0.967. The second kappa shape index (κ2) is 9.25. The molecule has 1 fully saturated rings. The van der Waals surface area contributed by atoms with Gasteiger partial charge in [-0.05, 0) is 35.1 Å². The Hall–Kier alpha value is -4.14. The van der Waals surface area contributed by atoms with Crippen LogP contribution in [0.25, 0.3) is 11.1 Å². The van der Waals surface area contributed by atoms with Crippen LogP contribution in [-0.2, 0) is 16.6 Å². The predicted molar refractivity (Wildman–Crippen MR) is 128 cm³/mol. The fourth-order valence-electron chi connectivity index (χ4n) is 4.72. The Balaban J connectivity index is 1.29. The van der Waals surface area contributed by atoms with Gasteiger partial charge in [0.1, 0.15) is 12.3 Å². The fourth-order valence-corrected chi connectivity index (χ4v) is 4.72. The van der Waals surface area contributed by atoms with Gasteiger partial charge in [0.25, 0.3) is 5.91 Å². The van der Waals surface area contributed by atoms with Crippen LogP contribution in [0.15, 0.2) is 54.7 Å². The smallest absolute Gasteiger partial charge is 0.411 e. The van der Waals surface area contributed by atoms with Gasteiger partial charge in [0, 0.05) is 25.6 Å². The van der Waals surface area contributed by atoms with Crippen LogP contribution < -0.4 is 5.32 Å². The summed E-state index contributed by atoms with van der Waals surface area (Å²) in [6, 6.07) is 16.2. The van der Waals surface area contributed by atoms with E-state index in [1.807, 2.05) is 36.4 Å². The number of nitrogens with one attached hydrogen (secondary N) is 1. The van der Waals surface area contributed by atoms with Crippen molar-refractivity contribution < 1.29 is 24.2 Å². The summed E-state index contributed by atoms with van der Waals surface area (Å²) in [5.74, 6) is -1.40. The number of hydrogen-bond donors (Lipinski definition) is 2. The second-order valence-corrected chi connectivity index (χ2v) is 8.85. The van der Waals surface area contributed by atoms with E-state index in [1.54, 1.807) is 11.9 Å². The first kappa shape index (κ1) is 22.6. The van der Waals surface area contributed by atoms with Gasteiger partial charge in [0.15, 0.2) is 0 Å². The van der Waals surface area contributed by atoms with Gasteiger partial charge >= 0.3 is 12.1 Å². The van der Waals surface area contributed by atoms with Crippen LogP contribution in [0.2, 0.25) is 0 Å². The molecule has 0 atom stereocenters. The molecule has 9 nitrogen and oxygen atoms in total. The minimum absolute atomic E-state index is 0.0130. The number of aromatic nitrogens is 2. The van der Waals surface area contributed by atoms with Gasteiger partial charge in [0.05, 0.1) is 18.3 Å². The van der Waals surface area contributed by atoms with Crippen molar-refractivity contribution in [3.63, 3.8) is 0 Å². The third kappa shape index (κ3) is 4.49. The normalized spacial score (nSPS) is 14.2. The van der Waals surface area contributed by atoms with Crippen molar-refractivity contribution in [2.45, 2.75) is 31.2 Å². The first-order chi connectivity index (χ1) is 16.9. The zero-order valence-corrected chi connectivity index (χ0v) is 19.3. The van der Waals surface area contributed by atoms with Crippen molar-refractivity contribution in [1.82, 2.24) is 14.7 Å². The molecule has 0 saturated heterocycles. The van der Waals surface area contributed by atoms with Gasteiger partial charge in [-0.3, -0.25) is 19.6 Å². The Bertz CT molecular complexity index is 1250. The van der Waals surface area contributed by atoms with Crippen LogP contribution in [0, 0.1) is 0 Å². The number of carboxylic acid groups (broad SMARTS) is 1. The number of fused-ring (bicyclic) bond motifs is 3. The zero-order valence-electron chi connectivity index (χ0n) is 19.3. The molecular formula is C26H26N4O5. The van der Waals surface area contributed by atoms with Gasteiger partial charge in [0.2, 0.25) is 0 Å². The van der Waals surface area contributed by atoms with Crippen molar-refractivity contribution >= 4 is 23.7 Å². The number of rotatable bonds is 8. The Morgan fingerprint density at radius 1 is 1.09 bits per heavy atom. The number of nitrogens with zero attached hydrogens (tertiary/aromatic N) is 3. The van der Waals surface area contributed by atoms with E-state index in [9.17, 15) is 14.4 Å². The van der Waals surface area contributed by atoms with Crippen molar-refractivity contribution in [3.8, 4) is 11.1 Å². The van der Waals surface area contributed by atoms with Gasteiger partial charge in [-0.15, -0.1) is 0 Å². The largest absolute Gasteiger partial charge is 0.481 e. The maximum absolute atomic E-state index is 13.2. The van der Waals surface area contributed by atoms with E-state index in [2.05, 4.69) is 22.5 Å². The van der Waals surface area contributed by atoms with E-state index in [0.29, 0.717) is 0 Å². The fraction of sp³-hybridized carbons (Fsp3) is 0.308. The predicted octanol–water partition coefficient (Wildman–Crippen LogP) is 3.86. The lowest BCUT2D eigenvalue weighted by molar-refractivity contribution is -0.137. The van der Waals surface area contributed by atoms with Crippen molar-refractivity contribution in [2.24, 2.45) is 7.05 Å². The summed E-state index contributed by atoms with van der Waals surface area (Å²) in [6.45, 7) is 0.255.